The molecule has 1 amide bonds. The number of nitrogens with one attached hydrogen (secondary N) is 1. The Morgan fingerprint density at radius 2 is 2.31 bits per heavy atom. The molecule has 1 atom stereocenters. The van der Waals surface area contributed by atoms with Gasteiger partial charge in [0.2, 0.25) is 5.91 Å². The van der Waals surface area contributed by atoms with Crippen LogP contribution >= 0.6 is 0 Å². The van der Waals surface area contributed by atoms with Crippen LogP contribution in [-0.4, -0.2) is 19.1 Å². The van der Waals surface area contributed by atoms with Crippen LogP contribution in [0.3, 0.4) is 0 Å². The largest absolute Gasteiger partial charge is 0.494 e. The molecular formula is C11H15FN2O2. The van der Waals surface area contributed by atoms with E-state index in [9.17, 15) is 9.18 Å². The average Bonchev–Trinajstić information content (AvgIpc) is 2.30. The van der Waals surface area contributed by atoms with Gasteiger partial charge in [0.25, 0.3) is 0 Å². The summed E-state index contributed by atoms with van der Waals surface area (Å²) in [6.45, 7) is 1.81. The molecule has 0 heterocycles. The first kappa shape index (κ1) is 12.4. The molecule has 0 saturated carbocycles. The van der Waals surface area contributed by atoms with Gasteiger partial charge in [0.1, 0.15) is 0 Å². The van der Waals surface area contributed by atoms with Gasteiger partial charge in [-0.2, -0.15) is 0 Å². The van der Waals surface area contributed by atoms with Gasteiger partial charge in [-0.1, -0.05) is 6.92 Å². The van der Waals surface area contributed by atoms with Crippen molar-refractivity contribution < 1.29 is 13.9 Å². The molecule has 0 bridgehead atoms. The van der Waals surface area contributed by atoms with E-state index in [1.54, 1.807) is 0 Å². The molecule has 0 aliphatic carbocycles. The first-order valence-electron chi connectivity index (χ1n) is 4.98. The van der Waals surface area contributed by atoms with E-state index in [2.05, 4.69) is 5.32 Å². The number of ether oxygens (including phenoxy) is 1. The molecular weight excluding hydrogens is 211 g/mol. The first-order valence-corrected chi connectivity index (χ1v) is 4.98. The molecule has 88 valence electrons. The summed E-state index contributed by atoms with van der Waals surface area (Å²) in [5.74, 6) is -0.681. The lowest BCUT2D eigenvalue weighted by molar-refractivity contribution is -0.117. The number of carbonyl (C=O) groups excluding carboxylic acids is 1. The van der Waals surface area contributed by atoms with Gasteiger partial charge in [-0.15, -0.1) is 0 Å². The number of rotatable bonds is 4. The second-order valence-electron chi connectivity index (χ2n) is 3.35. The molecule has 0 aromatic heterocycles. The zero-order valence-corrected chi connectivity index (χ0v) is 9.29. The molecule has 1 unspecified atom stereocenters. The highest BCUT2D eigenvalue weighted by Gasteiger charge is 2.12. The SMILES string of the molecule is CCC(N)C(=O)Nc1ccc(F)c(OC)c1. The molecule has 0 saturated heterocycles. The van der Waals surface area contributed by atoms with Gasteiger partial charge in [-0.25, -0.2) is 4.39 Å². The number of halogens is 1. The van der Waals surface area contributed by atoms with Crippen molar-refractivity contribution in [3.63, 3.8) is 0 Å². The number of carbonyl (C=O) groups is 1. The van der Waals surface area contributed by atoms with Crippen LogP contribution in [0.1, 0.15) is 13.3 Å². The fourth-order valence-corrected chi connectivity index (χ4v) is 1.16. The van der Waals surface area contributed by atoms with Crippen molar-refractivity contribution in [2.75, 3.05) is 12.4 Å². The van der Waals surface area contributed by atoms with Gasteiger partial charge in [-0.3, -0.25) is 4.79 Å². The van der Waals surface area contributed by atoms with Crippen LogP contribution in [0, 0.1) is 5.82 Å². The molecule has 1 aromatic carbocycles. The van der Waals surface area contributed by atoms with Gasteiger partial charge in [-0.05, 0) is 18.6 Å². The third kappa shape index (κ3) is 2.93. The maximum absolute atomic E-state index is 13.1. The van der Waals surface area contributed by atoms with Crippen LogP contribution in [0.2, 0.25) is 0 Å². The minimum atomic E-state index is -0.559. The Balaban J connectivity index is 2.78. The van der Waals surface area contributed by atoms with Crippen LogP contribution in [-0.2, 0) is 4.79 Å². The van der Waals surface area contributed by atoms with Crippen molar-refractivity contribution >= 4 is 11.6 Å². The number of methoxy groups -OCH3 is 1. The van der Waals surface area contributed by atoms with Crippen molar-refractivity contribution in [1.29, 1.82) is 0 Å². The summed E-state index contributed by atoms with van der Waals surface area (Å²) in [6, 6.07) is 3.54. The molecule has 1 aromatic rings. The third-order valence-corrected chi connectivity index (χ3v) is 2.20. The second-order valence-corrected chi connectivity index (χ2v) is 3.35. The number of nitrogens with two attached hydrogens (primary N) is 1. The Morgan fingerprint density at radius 1 is 1.62 bits per heavy atom. The molecule has 1 rings (SSSR count). The molecule has 16 heavy (non-hydrogen) atoms. The fourth-order valence-electron chi connectivity index (χ4n) is 1.16. The summed E-state index contributed by atoms with van der Waals surface area (Å²) in [5.41, 5.74) is 6.01. The first-order chi connectivity index (χ1) is 7.58. The predicted molar refractivity (Wildman–Crippen MR) is 59.8 cm³/mol. The quantitative estimate of drug-likeness (QED) is 0.817. The van der Waals surface area contributed by atoms with E-state index in [0.717, 1.165) is 0 Å². The van der Waals surface area contributed by atoms with Crippen molar-refractivity contribution in [2.24, 2.45) is 5.73 Å². The summed E-state index contributed by atoms with van der Waals surface area (Å²) in [7, 11) is 1.36. The second kappa shape index (κ2) is 5.46. The lowest BCUT2D eigenvalue weighted by atomic mass is 10.2. The molecule has 0 aliphatic rings. The van der Waals surface area contributed by atoms with Crippen molar-refractivity contribution in [1.82, 2.24) is 0 Å². The van der Waals surface area contributed by atoms with E-state index in [4.69, 9.17) is 10.5 Å². The highest BCUT2D eigenvalue weighted by molar-refractivity contribution is 5.94. The average molecular weight is 226 g/mol. The van der Waals surface area contributed by atoms with Gasteiger partial charge in [0, 0.05) is 11.8 Å². The Morgan fingerprint density at radius 3 is 2.88 bits per heavy atom. The molecule has 0 aliphatic heterocycles. The van der Waals surface area contributed by atoms with Crippen LogP contribution < -0.4 is 15.8 Å². The number of hydrogen-bond donors (Lipinski definition) is 2. The Kier molecular flexibility index (Phi) is 4.25. The molecule has 0 spiro atoms. The zero-order chi connectivity index (χ0) is 12.1. The maximum Gasteiger partial charge on any atom is 0.241 e. The van der Waals surface area contributed by atoms with Crippen molar-refractivity contribution in [3.8, 4) is 5.75 Å². The minimum absolute atomic E-state index is 0.0860. The smallest absolute Gasteiger partial charge is 0.241 e. The molecule has 4 nitrogen and oxygen atoms in total. The summed E-state index contributed by atoms with van der Waals surface area (Å²) in [6.07, 6.45) is 0.546. The van der Waals surface area contributed by atoms with Gasteiger partial charge in [0.15, 0.2) is 11.6 Å². The normalized spacial score (nSPS) is 12.0. The third-order valence-electron chi connectivity index (χ3n) is 2.20. The van der Waals surface area contributed by atoms with Crippen LogP contribution in [0.25, 0.3) is 0 Å². The highest BCUT2D eigenvalue weighted by atomic mass is 19.1. The Bertz CT molecular complexity index is 382. The van der Waals surface area contributed by atoms with Crippen molar-refractivity contribution in [2.45, 2.75) is 19.4 Å². The van der Waals surface area contributed by atoms with E-state index in [-0.39, 0.29) is 11.7 Å². The van der Waals surface area contributed by atoms with E-state index in [1.807, 2.05) is 6.92 Å². The minimum Gasteiger partial charge on any atom is -0.494 e. The van der Waals surface area contributed by atoms with Crippen LogP contribution in [0.15, 0.2) is 18.2 Å². The summed E-state index contributed by atoms with van der Waals surface area (Å²) in [5, 5.41) is 2.58. The monoisotopic (exact) mass is 226 g/mol. The van der Waals surface area contributed by atoms with Crippen molar-refractivity contribution in [3.05, 3.63) is 24.0 Å². The fraction of sp³-hybridized carbons (Fsp3) is 0.364. The standard InChI is InChI=1S/C11H15FN2O2/c1-3-9(13)11(15)14-7-4-5-8(12)10(6-7)16-2/h4-6,9H,3,13H2,1-2H3,(H,14,15). The lowest BCUT2D eigenvalue weighted by Crippen LogP contribution is -2.34. The molecule has 3 N–H and O–H groups in total. The van der Waals surface area contributed by atoms with Crippen LogP contribution in [0.4, 0.5) is 10.1 Å². The summed E-state index contributed by atoms with van der Waals surface area (Å²) >= 11 is 0. The van der Waals surface area contributed by atoms with Gasteiger partial charge in [0.05, 0.1) is 13.2 Å². The molecule has 0 radical (unpaired) electrons. The van der Waals surface area contributed by atoms with Crippen LogP contribution in [0.5, 0.6) is 5.75 Å². The lowest BCUT2D eigenvalue weighted by Gasteiger charge is -2.11. The molecule has 5 heteroatoms. The predicted octanol–water partition coefficient (Wildman–Crippen LogP) is 1.51. The Hall–Kier alpha value is -1.62. The number of anilines is 1. The van der Waals surface area contributed by atoms with E-state index < -0.39 is 11.9 Å². The van der Waals surface area contributed by atoms with E-state index >= 15 is 0 Å². The molecule has 0 fully saturated rings. The topological polar surface area (TPSA) is 64.4 Å². The highest BCUT2D eigenvalue weighted by Crippen LogP contribution is 2.21. The summed E-state index contributed by atoms with van der Waals surface area (Å²) < 4.78 is 17.9. The number of benzene rings is 1. The summed E-state index contributed by atoms with van der Waals surface area (Å²) in [4.78, 5) is 11.5. The van der Waals surface area contributed by atoms with Gasteiger partial charge >= 0.3 is 0 Å². The maximum atomic E-state index is 13.1. The number of hydrogen-bond acceptors (Lipinski definition) is 3. The van der Waals surface area contributed by atoms with Gasteiger partial charge < -0.3 is 15.8 Å². The van der Waals surface area contributed by atoms with E-state index in [0.29, 0.717) is 12.1 Å². The zero-order valence-electron chi connectivity index (χ0n) is 9.29. The van der Waals surface area contributed by atoms with E-state index in [1.165, 1.54) is 25.3 Å². The Labute approximate surface area is 93.6 Å². The number of amides is 1.